The molecule has 88 valence electrons. The van der Waals surface area contributed by atoms with Gasteiger partial charge in [0.1, 0.15) is 0 Å². The molecule has 0 aromatic heterocycles. The van der Waals surface area contributed by atoms with Crippen molar-refractivity contribution in [2.45, 2.75) is 24.7 Å². The zero-order chi connectivity index (χ0) is 11.8. The lowest BCUT2D eigenvalue weighted by Crippen LogP contribution is -2.25. The molecule has 2 nitrogen and oxygen atoms in total. The number of amides is 1. The molecule has 1 aromatic rings. The molecule has 0 fully saturated rings. The average Bonchev–Trinajstić information content (AvgIpc) is 2.29. The van der Waals surface area contributed by atoms with Crippen LogP contribution < -0.4 is 5.32 Å². The first-order valence-electron chi connectivity index (χ1n) is 5.37. The predicted octanol–water partition coefficient (Wildman–Crippen LogP) is 3.35. The van der Waals surface area contributed by atoms with Gasteiger partial charge in [0.2, 0.25) is 5.91 Å². The van der Waals surface area contributed by atoms with Crippen molar-refractivity contribution in [3.8, 4) is 0 Å². The minimum absolute atomic E-state index is 0.0911. The Hall–Kier alpha value is -0.670. The van der Waals surface area contributed by atoms with Gasteiger partial charge in [0, 0.05) is 16.5 Å². The van der Waals surface area contributed by atoms with Gasteiger partial charge in [-0.15, -0.1) is 11.8 Å². The highest BCUT2D eigenvalue weighted by atomic mass is 35.5. The van der Waals surface area contributed by atoms with Crippen LogP contribution in [0.1, 0.15) is 19.8 Å². The Morgan fingerprint density at radius 3 is 2.69 bits per heavy atom. The standard InChI is InChI=1S/C12H16ClNOS/c1-2-3-8-14-12(15)9-16-11-6-4-10(13)5-7-11/h4-7H,2-3,8-9H2,1H3,(H,14,15). The summed E-state index contributed by atoms with van der Waals surface area (Å²) in [5.41, 5.74) is 0. The van der Waals surface area contributed by atoms with Gasteiger partial charge in [0.25, 0.3) is 0 Å². The molecule has 0 aliphatic carbocycles. The van der Waals surface area contributed by atoms with Crippen molar-refractivity contribution in [3.63, 3.8) is 0 Å². The molecule has 0 aliphatic rings. The first-order chi connectivity index (χ1) is 7.72. The van der Waals surface area contributed by atoms with Gasteiger partial charge in [-0.3, -0.25) is 4.79 Å². The number of carbonyl (C=O) groups is 1. The van der Waals surface area contributed by atoms with Gasteiger partial charge in [-0.05, 0) is 30.7 Å². The number of rotatable bonds is 6. The highest BCUT2D eigenvalue weighted by Gasteiger charge is 2.01. The summed E-state index contributed by atoms with van der Waals surface area (Å²) in [4.78, 5) is 12.5. The second kappa shape index (κ2) is 7.58. The van der Waals surface area contributed by atoms with Crippen LogP contribution in [0.15, 0.2) is 29.2 Å². The van der Waals surface area contributed by atoms with E-state index in [-0.39, 0.29) is 5.91 Å². The quantitative estimate of drug-likeness (QED) is 0.626. The molecular formula is C12H16ClNOS. The maximum absolute atomic E-state index is 11.4. The summed E-state index contributed by atoms with van der Waals surface area (Å²) in [5.74, 6) is 0.555. The van der Waals surface area contributed by atoms with E-state index in [1.54, 1.807) is 0 Å². The summed E-state index contributed by atoms with van der Waals surface area (Å²) >= 11 is 7.29. The number of nitrogens with one attached hydrogen (secondary N) is 1. The van der Waals surface area contributed by atoms with E-state index in [9.17, 15) is 4.79 Å². The van der Waals surface area contributed by atoms with Crippen molar-refractivity contribution >= 4 is 29.3 Å². The van der Waals surface area contributed by atoms with Crippen molar-refractivity contribution in [2.75, 3.05) is 12.3 Å². The second-order valence-electron chi connectivity index (χ2n) is 3.45. The van der Waals surface area contributed by atoms with Crippen LogP contribution in [0.3, 0.4) is 0 Å². The summed E-state index contributed by atoms with van der Waals surface area (Å²) in [6.07, 6.45) is 2.14. The van der Waals surface area contributed by atoms with E-state index < -0.39 is 0 Å². The topological polar surface area (TPSA) is 29.1 Å². The normalized spacial score (nSPS) is 10.1. The monoisotopic (exact) mass is 257 g/mol. The van der Waals surface area contributed by atoms with Crippen molar-refractivity contribution in [2.24, 2.45) is 0 Å². The van der Waals surface area contributed by atoms with Crippen molar-refractivity contribution in [1.82, 2.24) is 5.32 Å². The number of hydrogen-bond donors (Lipinski definition) is 1. The number of halogens is 1. The Balaban J connectivity index is 2.23. The lowest BCUT2D eigenvalue weighted by molar-refractivity contribution is -0.118. The molecule has 0 saturated heterocycles. The highest BCUT2D eigenvalue weighted by Crippen LogP contribution is 2.19. The van der Waals surface area contributed by atoms with Gasteiger partial charge in [-0.25, -0.2) is 0 Å². The molecule has 4 heteroatoms. The largest absolute Gasteiger partial charge is 0.355 e. The second-order valence-corrected chi connectivity index (χ2v) is 4.93. The fourth-order valence-electron chi connectivity index (χ4n) is 1.14. The van der Waals surface area contributed by atoms with Crippen molar-refractivity contribution in [3.05, 3.63) is 29.3 Å². The van der Waals surface area contributed by atoms with Gasteiger partial charge in [-0.2, -0.15) is 0 Å². The third kappa shape index (κ3) is 5.42. The van der Waals surface area contributed by atoms with Gasteiger partial charge in [0.15, 0.2) is 0 Å². The first kappa shape index (κ1) is 13.4. The lowest BCUT2D eigenvalue weighted by atomic mass is 10.3. The molecule has 0 bridgehead atoms. The third-order valence-electron chi connectivity index (χ3n) is 2.04. The Kier molecular flexibility index (Phi) is 6.34. The van der Waals surface area contributed by atoms with E-state index in [0.717, 1.165) is 29.3 Å². The van der Waals surface area contributed by atoms with Gasteiger partial charge in [-0.1, -0.05) is 24.9 Å². The van der Waals surface area contributed by atoms with Crippen LogP contribution in [0.4, 0.5) is 0 Å². The molecule has 1 amide bonds. The molecule has 1 aromatic carbocycles. The van der Waals surface area contributed by atoms with E-state index in [0.29, 0.717) is 5.75 Å². The van der Waals surface area contributed by atoms with E-state index in [1.165, 1.54) is 11.8 Å². The molecule has 0 radical (unpaired) electrons. The van der Waals surface area contributed by atoms with Gasteiger partial charge < -0.3 is 5.32 Å². The Bertz CT molecular complexity index is 326. The number of thioether (sulfide) groups is 1. The fourth-order valence-corrected chi connectivity index (χ4v) is 1.99. The minimum atomic E-state index is 0.0911. The number of carbonyl (C=O) groups excluding carboxylic acids is 1. The van der Waals surface area contributed by atoms with E-state index >= 15 is 0 Å². The summed E-state index contributed by atoms with van der Waals surface area (Å²) in [7, 11) is 0. The Labute approximate surface area is 106 Å². The molecule has 0 spiro atoms. The van der Waals surface area contributed by atoms with Crippen molar-refractivity contribution in [1.29, 1.82) is 0 Å². The smallest absolute Gasteiger partial charge is 0.230 e. The highest BCUT2D eigenvalue weighted by molar-refractivity contribution is 8.00. The van der Waals surface area contributed by atoms with Crippen LogP contribution in [0.2, 0.25) is 5.02 Å². The Morgan fingerprint density at radius 1 is 1.38 bits per heavy atom. The molecule has 0 heterocycles. The lowest BCUT2D eigenvalue weighted by Gasteiger charge is -2.04. The average molecular weight is 258 g/mol. The number of hydrogen-bond acceptors (Lipinski definition) is 2. The van der Waals surface area contributed by atoms with Gasteiger partial charge in [0.05, 0.1) is 5.75 Å². The third-order valence-corrected chi connectivity index (χ3v) is 3.30. The summed E-state index contributed by atoms with van der Waals surface area (Å²) in [6, 6.07) is 7.51. The van der Waals surface area contributed by atoms with Gasteiger partial charge >= 0.3 is 0 Å². The molecule has 16 heavy (non-hydrogen) atoms. The first-order valence-corrected chi connectivity index (χ1v) is 6.74. The van der Waals surface area contributed by atoms with Crippen LogP contribution in [0.5, 0.6) is 0 Å². The van der Waals surface area contributed by atoms with Crippen LogP contribution >= 0.6 is 23.4 Å². The summed E-state index contributed by atoms with van der Waals surface area (Å²) < 4.78 is 0. The van der Waals surface area contributed by atoms with Crippen LogP contribution in [0.25, 0.3) is 0 Å². The van der Waals surface area contributed by atoms with Crippen LogP contribution in [-0.2, 0) is 4.79 Å². The molecule has 0 saturated carbocycles. The fraction of sp³-hybridized carbons (Fsp3) is 0.417. The van der Waals surface area contributed by atoms with E-state index in [2.05, 4.69) is 12.2 Å². The molecule has 1 rings (SSSR count). The molecular weight excluding hydrogens is 242 g/mol. The number of benzene rings is 1. The van der Waals surface area contributed by atoms with Crippen LogP contribution in [-0.4, -0.2) is 18.2 Å². The molecule has 0 unspecified atom stereocenters. The Morgan fingerprint density at radius 2 is 2.06 bits per heavy atom. The summed E-state index contributed by atoms with van der Waals surface area (Å²) in [5, 5.41) is 3.60. The van der Waals surface area contributed by atoms with Crippen LogP contribution in [0, 0.1) is 0 Å². The van der Waals surface area contributed by atoms with E-state index in [4.69, 9.17) is 11.6 Å². The van der Waals surface area contributed by atoms with Crippen molar-refractivity contribution < 1.29 is 4.79 Å². The van der Waals surface area contributed by atoms with E-state index in [1.807, 2.05) is 24.3 Å². The molecule has 0 atom stereocenters. The summed E-state index contributed by atoms with van der Waals surface area (Å²) in [6.45, 7) is 2.88. The SMILES string of the molecule is CCCCNC(=O)CSc1ccc(Cl)cc1. The molecule has 1 N–H and O–H groups in total. The maximum atomic E-state index is 11.4. The number of unbranched alkanes of at least 4 members (excludes halogenated alkanes) is 1. The zero-order valence-corrected chi connectivity index (χ0v) is 10.9. The maximum Gasteiger partial charge on any atom is 0.230 e. The predicted molar refractivity (Wildman–Crippen MR) is 70.1 cm³/mol. The zero-order valence-electron chi connectivity index (χ0n) is 9.33. The molecule has 0 aliphatic heterocycles. The minimum Gasteiger partial charge on any atom is -0.355 e.